The minimum atomic E-state index is -1.28. The zero-order valence-electron chi connectivity index (χ0n) is 17.7. The van der Waals surface area contributed by atoms with Crippen LogP contribution in [0.5, 0.6) is 0 Å². The van der Waals surface area contributed by atoms with Gasteiger partial charge in [0, 0.05) is 20.0 Å². The number of likely N-dealkylation sites (tertiary alicyclic amines) is 2. The van der Waals surface area contributed by atoms with Gasteiger partial charge in [0.15, 0.2) is 0 Å². The molecular formula is C19H31N5O7. The van der Waals surface area contributed by atoms with Gasteiger partial charge in [-0.05, 0) is 32.6 Å². The van der Waals surface area contributed by atoms with Crippen molar-refractivity contribution in [2.45, 2.75) is 69.8 Å². The van der Waals surface area contributed by atoms with Gasteiger partial charge in [-0.1, -0.05) is 0 Å². The molecule has 5 atom stereocenters. The van der Waals surface area contributed by atoms with E-state index in [1.165, 1.54) is 23.6 Å². The highest BCUT2D eigenvalue weighted by Gasteiger charge is 2.41. The van der Waals surface area contributed by atoms with Gasteiger partial charge in [0.25, 0.3) is 0 Å². The second-order valence-corrected chi connectivity index (χ2v) is 7.94. The molecule has 0 bridgehead atoms. The topological polar surface area (TPSA) is 182 Å². The number of hydrogen-bond donors (Lipinski definition) is 5. The Hall–Kier alpha value is -2.73. The molecule has 12 nitrogen and oxygen atoms in total. The molecule has 6 N–H and O–H groups in total. The minimum Gasteiger partial charge on any atom is -0.394 e. The molecule has 2 aliphatic heterocycles. The highest BCUT2D eigenvalue weighted by molar-refractivity contribution is 5.96. The van der Waals surface area contributed by atoms with Crippen molar-refractivity contribution in [3.63, 3.8) is 0 Å². The van der Waals surface area contributed by atoms with Crippen LogP contribution < -0.4 is 16.4 Å². The van der Waals surface area contributed by atoms with Gasteiger partial charge in [-0.3, -0.25) is 24.0 Å². The van der Waals surface area contributed by atoms with Crippen molar-refractivity contribution in [2.75, 3.05) is 19.7 Å². The lowest BCUT2D eigenvalue weighted by Gasteiger charge is -2.31. The van der Waals surface area contributed by atoms with E-state index in [9.17, 15) is 34.2 Å². The number of aliphatic hydroxyl groups excluding tert-OH is 2. The quantitative estimate of drug-likeness (QED) is 0.263. The zero-order valence-corrected chi connectivity index (χ0v) is 17.7. The molecule has 174 valence electrons. The molecule has 2 saturated heterocycles. The molecular weight excluding hydrogens is 410 g/mol. The third-order valence-corrected chi connectivity index (χ3v) is 5.61. The molecule has 0 unspecified atom stereocenters. The summed E-state index contributed by atoms with van der Waals surface area (Å²) in [5.41, 5.74) is 5.33. The van der Waals surface area contributed by atoms with Crippen LogP contribution in [0.1, 0.15) is 39.5 Å². The first-order valence-electron chi connectivity index (χ1n) is 10.3. The van der Waals surface area contributed by atoms with Gasteiger partial charge in [-0.2, -0.15) is 0 Å². The lowest BCUT2D eigenvalue weighted by molar-refractivity contribution is -0.145. The van der Waals surface area contributed by atoms with Gasteiger partial charge in [0.2, 0.25) is 29.5 Å². The van der Waals surface area contributed by atoms with E-state index in [4.69, 9.17) is 5.73 Å². The van der Waals surface area contributed by atoms with Gasteiger partial charge >= 0.3 is 0 Å². The fraction of sp³-hybridized carbons (Fsp3) is 0.737. The molecule has 0 spiro atoms. The van der Waals surface area contributed by atoms with Crippen LogP contribution in [-0.2, 0) is 24.0 Å². The first-order valence-corrected chi connectivity index (χ1v) is 10.3. The molecule has 0 aromatic rings. The van der Waals surface area contributed by atoms with E-state index in [2.05, 4.69) is 10.6 Å². The summed E-state index contributed by atoms with van der Waals surface area (Å²) in [6, 6.07) is -4.20. The monoisotopic (exact) mass is 441 g/mol. The van der Waals surface area contributed by atoms with Gasteiger partial charge in [-0.25, -0.2) is 0 Å². The van der Waals surface area contributed by atoms with Crippen molar-refractivity contribution in [2.24, 2.45) is 5.73 Å². The van der Waals surface area contributed by atoms with Crippen LogP contribution in [0.15, 0.2) is 0 Å². The van der Waals surface area contributed by atoms with Crippen molar-refractivity contribution >= 4 is 29.5 Å². The second kappa shape index (κ2) is 10.5. The van der Waals surface area contributed by atoms with Crippen LogP contribution in [-0.4, -0.2) is 99.5 Å². The minimum absolute atomic E-state index is 0.243. The summed E-state index contributed by atoms with van der Waals surface area (Å²) >= 11 is 0. The van der Waals surface area contributed by atoms with Gasteiger partial charge in [0.1, 0.15) is 24.2 Å². The maximum atomic E-state index is 12.9. The average molecular weight is 441 g/mol. The molecule has 0 radical (unpaired) electrons. The van der Waals surface area contributed by atoms with E-state index >= 15 is 0 Å². The number of carbonyl (C=O) groups excluding carboxylic acids is 5. The van der Waals surface area contributed by atoms with Crippen molar-refractivity contribution in [1.29, 1.82) is 0 Å². The van der Waals surface area contributed by atoms with Crippen LogP contribution in [0.2, 0.25) is 0 Å². The Kier molecular flexibility index (Phi) is 8.34. The predicted molar refractivity (Wildman–Crippen MR) is 107 cm³/mol. The number of hydrogen-bond acceptors (Lipinski definition) is 7. The Morgan fingerprint density at radius 1 is 1.00 bits per heavy atom. The fourth-order valence-electron chi connectivity index (χ4n) is 4.07. The number of primary amides is 1. The summed E-state index contributed by atoms with van der Waals surface area (Å²) in [6.45, 7) is 2.42. The fourth-order valence-corrected chi connectivity index (χ4v) is 4.07. The molecule has 2 heterocycles. The van der Waals surface area contributed by atoms with E-state index in [1.54, 1.807) is 0 Å². The lowest BCUT2D eigenvalue weighted by atomic mass is 10.1. The second-order valence-electron chi connectivity index (χ2n) is 7.94. The van der Waals surface area contributed by atoms with Crippen molar-refractivity contribution in [3.05, 3.63) is 0 Å². The first-order chi connectivity index (χ1) is 14.6. The van der Waals surface area contributed by atoms with Crippen LogP contribution in [0.4, 0.5) is 0 Å². The summed E-state index contributed by atoms with van der Waals surface area (Å²) in [5.74, 6) is -3.01. The molecule has 0 aliphatic carbocycles. The van der Waals surface area contributed by atoms with E-state index in [1.807, 2.05) is 0 Å². The Morgan fingerprint density at radius 2 is 1.55 bits per heavy atom. The lowest BCUT2D eigenvalue weighted by Crippen LogP contribution is -2.59. The van der Waals surface area contributed by atoms with Crippen LogP contribution in [0.3, 0.4) is 0 Å². The standard InChI is InChI=1S/C19H31N5O7/c1-10(26)15(21-11(2)27)19(31)24-8-4-6-14(24)17(29)22-12(9-25)18(30)23-7-3-5-13(23)16(20)28/h10,12-15,25-26H,3-9H2,1-2H3,(H2,20,28)(H,21,27)(H,22,29)/t10-,12+,13+,14+,15+/m1/s1. The molecule has 0 aromatic carbocycles. The normalized spacial score (nSPS) is 23.7. The number of nitrogens with two attached hydrogens (primary N) is 1. The summed E-state index contributed by atoms with van der Waals surface area (Å²) in [4.78, 5) is 63.9. The Morgan fingerprint density at radius 3 is 2.03 bits per heavy atom. The zero-order chi connectivity index (χ0) is 23.3. The number of rotatable bonds is 8. The average Bonchev–Trinajstić information content (AvgIpc) is 3.38. The number of carbonyl (C=O) groups is 5. The van der Waals surface area contributed by atoms with Gasteiger partial charge < -0.3 is 36.4 Å². The van der Waals surface area contributed by atoms with Crippen LogP contribution >= 0.6 is 0 Å². The van der Waals surface area contributed by atoms with E-state index in [0.717, 1.165) is 0 Å². The Balaban J connectivity index is 2.09. The Labute approximate surface area is 180 Å². The molecule has 2 rings (SSSR count). The van der Waals surface area contributed by atoms with E-state index in [-0.39, 0.29) is 6.54 Å². The molecule has 0 aromatic heterocycles. The molecule has 2 aliphatic rings. The molecule has 2 fully saturated rings. The smallest absolute Gasteiger partial charge is 0.248 e. The van der Waals surface area contributed by atoms with Gasteiger partial charge in [-0.15, -0.1) is 0 Å². The number of nitrogens with one attached hydrogen (secondary N) is 2. The Bertz CT molecular complexity index is 728. The SMILES string of the molecule is CC(=O)N[C@H](C(=O)N1CCC[C@H]1C(=O)N[C@@H](CO)C(=O)N1CCC[C@H]1C(N)=O)[C@@H](C)O. The third-order valence-electron chi connectivity index (χ3n) is 5.61. The molecule has 12 heteroatoms. The van der Waals surface area contributed by atoms with Gasteiger partial charge in [0.05, 0.1) is 12.7 Å². The van der Waals surface area contributed by atoms with E-state index in [0.29, 0.717) is 32.2 Å². The number of aliphatic hydroxyl groups is 2. The maximum absolute atomic E-state index is 12.9. The number of nitrogens with zero attached hydrogens (tertiary/aromatic N) is 2. The van der Waals surface area contributed by atoms with Crippen molar-refractivity contribution < 1.29 is 34.2 Å². The summed E-state index contributed by atoms with van der Waals surface area (Å²) in [7, 11) is 0. The molecule has 5 amide bonds. The number of amides is 5. The largest absolute Gasteiger partial charge is 0.394 e. The van der Waals surface area contributed by atoms with Crippen LogP contribution in [0, 0.1) is 0 Å². The maximum Gasteiger partial charge on any atom is 0.248 e. The highest BCUT2D eigenvalue weighted by Crippen LogP contribution is 2.21. The van der Waals surface area contributed by atoms with Crippen molar-refractivity contribution in [1.82, 2.24) is 20.4 Å². The molecule has 31 heavy (non-hydrogen) atoms. The molecule has 0 saturated carbocycles. The van der Waals surface area contributed by atoms with E-state index < -0.39 is 66.4 Å². The summed E-state index contributed by atoms with van der Waals surface area (Å²) in [5, 5.41) is 24.4. The van der Waals surface area contributed by atoms with Crippen molar-refractivity contribution in [3.8, 4) is 0 Å². The summed E-state index contributed by atoms with van der Waals surface area (Å²) < 4.78 is 0. The highest BCUT2D eigenvalue weighted by atomic mass is 16.3. The van der Waals surface area contributed by atoms with Crippen LogP contribution in [0.25, 0.3) is 0 Å². The third kappa shape index (κ3) is 5.70. The summed E-state index contributed by atoms with van der Waals surface area (Å²) in [6.07, 6.45) is 0.671. The predicted octanol–water partition coefficient (Wildman–Crippen LogP) is -3.18. The first kappa shape index (κ1) is 24.5.